The van der Waals surface area contributed by atoms with E-state index in [0.717, 1.165) is 37.0 Å². The number of hydrogen-bond donors (Lipinski definition) is 0. The Morgan fingerprint density at radius 3 is 2.04 bits per heavy atom. The lowest BCUT2D eigenvalue weighted by Crippen LogP contribution is -2.57. The summed E-state index contributed by atoms with van der Waals surface area (Å²) >= 11 is 0. The normalized spacial score (nSPS) is 45.8. The maximum Gasteiger partial charge on any atom is 0.312 e. The SMILES string of the molecule is CCC1CC(C(=O)OC(C)(C)C23CC4CC(CC(C4)C2)C3)C(CC)O1. The van der Waals surface area contributed by atoms with Gasteiger partial charge in [-0.2, -0.15) is 0 Å². The first-order valence-corrected chi connectivity index (χ1v) is 10.7. The van der Waals surface area contributed by atoms with Gasteiger partial charge in [0.2, 0.25) is 0 Å². The molecule has 4 aliphatic carbocycles. The van der Waals surface area contributed by atoms with E-state index in [4.69, 9.17) is 9.47 Å². The van der Waals surface area contributed by atoms with Crippen LogP contribution in [0.15, 0.2) is 0 Å². The molecule has 0 aromatic carbocycles. The van der Waals surface area contributed by atoms with Gasteiger partial charge in [0, 0.05) is 5.41 Å². The molecule has 5 rings (SSSR count). The smallest absolute Gasteiger partial charge is 0.312 e. The molecular formula is C22H36O3. The fraction of sp³-hybridized carbons (Fsp3) is 0.955. The second-order valence-corrected chi connectivity index (χ2v) is 10.1. The van der Waals surface area contributed by atoms with Crippen molar-refractivity contribution in [2.24, 2.45) is 29.1 Å². The predicted molar refractivity (Wildman–Crippen MR) is 98.1 cm³/mol. The van der Waals surface area contributed by atoms with E-state index in [1.54, 1.807) is 0 Å². The Morgan fingerprint density at radius 1 is 1.00 bits per heavy atom. The van der Waals surface area contributed by atoms with Gasteiger partial charge >= 0.3 is 5.97 Å². The van der Waals surface area contributed by atoms with E-state index >= 15 is 0 Å². The Labute approximate surface area is 153 Å². The molecule has 142 valence electrons. The van der Waals surface area contributed by atoms with Crippen LogP contribution in [0.1, 0.15) is 85.5 Å². The Hall–Kier alpha value is -0.570. The molecule has 3 nitrogen and oxygen atoms in total. The molecule has 1 heterocycles. The Morgan fingerprint density at radius 2 is 1.56 bits per heavy atom. The molecule has 5 fully saturated rings. The van der Waals surface area contributed by atoms with Crippen LogP contribution >= 0.6 is 0 Å². The lowest BCUT2D eigenvalue weighted by atomic mass is 9.46. The zero-order valence-corrected chi connectivity index (χ0v) is 16.6. The van der Waals surface area contributed by atoms with Crippen LogP contribution in [-0.2, 0) is 14.3 Å². The second kappa shape index (κ2) is 6.25. The van der Waals surface area contributed by atoms with Crippen LogP contribution in [0.2, 0.25) is 0 Å². The first-order valence-electron chi connectivity index (χ1n) is 10.7. The molecule has 0 aromatic heterocycles. The van der Waals surface area contributed by atoms with Gasteiger partial charge in [0.05, 0.1) is 18.1 Å². The topological polar surface area (TPSA) is 35.5 Å². The lowest BCUT2D eigenvalue weighted by molar-refractivity contribution is -0.203. The number of carbonyl (C=O) groups excluding carboxylic acids is 1. The summed E-state index contributed by atoms with van der Waals surface area (Å²) in [7, 11) is 0. The summed E-state index contributed by atoms with van der Waals surface area (Å²) in [5.74, 6) is 2.58. The Bertz CT molecular complexity index is 488. The first kappa shape index (κ1) is 17.8. The van der Waals surface area contributed by atoms with Gasteiger partial charge in [0.15, 0.2) is 0 Å². The van der Waals surface area contributed by atoms with E-state index in [2.05, 4.69) is 27.7 Å². The molecule has 0 radical (unpaired) electrons. The van der Waals surface area contributed by atoms with Crippen LogP contribution in [0.25, 0.3) is 0 Å². The highest BCUT2D eigenvalue weighted by Gasteiger charge is 2.59. The summed E-state index contributed by atoms with van der Waals surface area (Å²) in [6.07, 6.45) is 11.1. The van der Waals surface area contributed by atoms with Crippen molar-refractivity contribution in [3.63, 3.8) is 0 Å². The van der Waals surface area contributed by atoms with Crippen molar-refractivity contribution in [2.45, 2.75) is 103 Å². The van der Waals surface area contributed by atoms with Crippen molar-refractivity contribution in [3.05, 3.63) is 0 Å². The Balaban J connectivity index is 1.48. The minimum absolute atomic E-state index is 0.00328. The van der Waals surface area contributed by atoms with Crippen molar-refractivity contribution in [2.75, 3.05) is 0 Å². The first-order chi connectivity index (χ1) is 11.9. The summed E-state index contributed by atoms with van der Waals surface area (Å²) in [4.78, 5) is 13.1. The summed E-state index contributed by atoms with van der Waals surface area (Å²) < 4.78 is 12.4. The van der Waals surface area contributed by atoms with Crippen LogP contribution in [0.3, 0.4) is 0 Å². The van der Waals surface area contributed by atoms with Crippen molar-refractivity contribution in [1.29, 1.82) is 0 Å². The molecule has 0 spiro atoms. The van der Waals surface area contributed by atoms with Crippen molar-refractivity contribution in [3.8, 4) is 0 Å². The second-order valence-electron chi connectivity index (χ2n) is 10.1. The molecule has 0 amide bonds. The zero-order valence-electron chi connectivity index (χ0n) is 16.6. The van der Waals surface area contributed by atoms with Crippen LogP contribution in [0.5, 0.6) is 0 Å². The van der Waals surface area contributed by atoms with Crippen molar-refractivity contribution < 1.29 is 14.3 Å². The summed E-state index contributed by atoms with van der Waals surface area (Å²) in [5.41, 5.74) is -0.120. The number of esters is 1. The molecule has 1 saturated heterocycles. The zero-order chi connectivity index (χ0) is 17.8. The molecule has 1 aliphatic heterocycles. The fourth-order valence-corrected chi connectivity index (χ4v) is 7.01. The number of ether oxygens (including phenoxy) is 2. The molecule has 3 heteroatoms. The summed E-state index contributed by atoms with van der Waals surface area (Å²) in [6, 6.07) is 0. The van der Waals surface area contributed by atoms with E-state index in [0.29, 0.717) is 0 Å². The van der Waals surface area contributed by atoms with Crippen molar-refractivity contribution in [1.82, 2.24) is 0 Å². The third kappa shape index (κ3) is 2.95. The molecule has 4 bridgehead atoms. The molecular weight excluding hydrogens is 312 g/mol. The van der Waals surface area contributed by atoms with Crippen LogP contribution in [0, 0.1) is 29.1 Å². The molecule has 5 aliphatic rings. The van der Waals surface area contributed by atoms with E-state index in [-0.39, 0.29) is 35.1 Å². The van der Waals surface area contributed by atoms with Gasteiger partial charge in [-0.1, -0.05) is 13.8 Å². The average molecular weight is 349 g/mol. The minimum Gasteiger partial charge on any atom is -0.459 e. The number of rotatable bonds is 5. The van der Waals surface area contributed by atoms with Gasteiger partial charge in [-0.25, -0.2) is 0 Å². The fourth-order valence-electron chi connectivity index (χ4n) is 7.01. The van der Waals surface area contributed by atoms with E-state index in [1.165, 1.54) is 38.5 Å². The minimum atomic E-state index is -0.345. The standard InChI is InChI=1S/C22H36O3/c1-5-17-10-18(19(6-2)24-17)20(23)25-21(3,4)22-11-14-7-15(12-22)9-16(8-14)13-22/h14-19H,5-13H2,1-4H3. The van der Waals surface area contributed by atoms with E-state index < -0.39 is 0 Å². The molecule has 3 atom stereocenters. The maximum absolute atomic E-state index is 13.1. The summed E-state index contributed by atoms with van der Waals surface area (Å²) in [6.45, 7) is 8.66. The van der Waals surface area contributed by atoms with Gasteiger partial charge in [-0.15, -0.1) is 0 Å². The largest absolute Gasteiger partial charge is 0.459 e. The maximum atomic E-state index is 13.1. The average Bonchev–Trinajstić information content (AvgIpc) is 2.96. The van der Waals surface area contributed by atoms with Crippen LogP contribution in [0.4, 0.5) is 0 Å². The highest BCUT2D eigenvalue weighted by Crippen LogP contribution is 2.64. The molecule has 3 unspecified atom stereocenters. The molecule has 25 heavy (non-hydrogen) atoms. The molecule has 0 N–H and O–H groups in total. The van der Waals surface area contributed by atoms with Crippen molar-refractivity contribution >= 4 is 5.97 Å². The van der Waals surface area contributed by atoms with Gasteiger partial charge in [0.25, 0.3) is 0 Å². The van der Waals surface area contributed by atoms with Gasteiger partial charge in [-0.05, 0) is 89.4 Å². The van der Waals surface area contributed by atoms with Gasteiger partial charge in [0.1, 0.15) is 5.60 Å². The lowest BCUT2D eigenvalue weighted by Gasteiger charge is -2.61. The Kier molecular flexibility index (Phi) is 4.46. The van der Waals surface area contributed by atoms with Gasteiger partial charge < -0.3 is 9.47 Å². The third-order valence-electron chi connectivity index (χ3n) is 8.16. The van der Waals surface area contributed by atoms with Crippen LogP contribution < -0.4 is 0 Å². The highest BCUT2D eigenvalue weighted by atomic mass is 16.6. The quantitative estimate of drug-likeness (QED) is 0.647. The third-order valence-corrected chi connectivity index (χ3v) is 8.16. The number of carbonyl (C=O) groups is 1. The molecule has 0 aromatic rings. The van der Waals surface area contributed by atoms with E-state index in [9.17, 15) is 4.79 Å². The summed E-state index contributed by atoms with van der Waals surface area (Å²) in [5, 5.41) is 0. The molecule has 4 saturated carbocycles. The highest BCUT2D eigenvalue weighted by molar-refractivity contribution is 5.74. The van der Waals surface area contributed by atoms with E-state index in [1.807, 2.05) is 0 Å². The van der Waals surface area contributed by atoms with Crippen LogP contribution in [-0.4, -0.2) is 23.8 Å². The van der Waals surface area contributed by atoms with Gasteiger partial charge in [-0.3, -0.25) is 4.79 Å². The monoisotopic (exact) mass is 348 g/mol. The number of hydrogen-bond acceptors (Lipinski definition) is 3. The predicted octanol–water partition coefficient (Wildman–Crippen LogP) is 5.12.